The van der Waals surface area contributed by atoms with Crippen LogP contribution in [0, 0.1) is 18.7 Å². The molecule has 0 aliphatic heterocycles. The highest BCUT2D eigenvalue weighted by molar-refractivity contribution is 6.30. The molecule has 1 N–H and O–H groups in total. The summed E-state index contributed by atoms with van der Waals surface area (Å²) in [7, 11) is 0. The standard InChI is InChI=1S/C13H14ClFO2/c1-7-4-12(15)11(14)5-9(7)10(6-13(16)17)8-2-3-8/h4-5,8,10H,2-3,6H2,1H3,(H,16,17). The third-order valence-electron chi connectivity index (χ3n) is 3.29. The summed E-state index contributed by atoms with van der Waals surface area (Å²) in [6.45, 7) is 1.80. The highest BCUT2D eigenvalue weighted by Crippen LogP contribution is 2.46. The second-order valence-electron chi connectivity index (χ2n) is 4.66. The second kappa shape index (κ2) is 4.65. The Hall–Kier alpha value is -1.09. The van der Waals surface area contributed by atoms with Crippen molar-refractivity contribution in [3.05, 3.63) is 34.1 Å². The number of carbonyl (C=O) groups is 1. The molecule has 0 aromatic heterocycles. The second-order valence-corrected chi connectivity index (χ2v) is 5.07. The summed E-state index contributed by atoms with van der Waals surface area (Å²) in [5.74, 6) is -0.892. The van der Waals surface area contributed by atoms with Gasteiger partial charge in [0.2, 0.25) is 0 Å². The first-order chi connectivity index (χ1) is 7.99. The van der Waals surface area contributed by atoms with Crippen LogP contribution in [0.2, 0.25) is 5.02 Å². The Balaban J connectivity index is 2.35. The van der Waals surface area contributed by atoms with Crippen LogP contribution in [-0.2, 0) is 4.79 Å². The van der Waals surface area contributed by atoms with Gasteiger partial charge in [-0.25, -0.2) is 4.39 Å². The molecule has 0 spiro atoms. The maximum absolute atomic E-state index is 13.3. The van der Waals surface area contributed by atoms with Crippen molar-refractivity contribution in [2.45, 2.75) is 32.1 Å². The van der Waals surface area contributed by atoms with Crippen LogP contribution in [0.15, 0.2) is 12.1 Å². The fourth-order valence-corrected chi connectivity index (χ4v) is 2.45. The van der Waals surface area contributed by atoms with E-state index < -0.39 is 11.8 Å². The smallest absolute Gasteiger partial charge is 0.303 e. The summed E-state index contributed by atoms with van der Waals surface area (Å²) in [5.41, 5.74) is 1.66. The lowest BCUT2D eigenvalue weighted by molar-refractivity contribution is -0.137. The van der Waals surface area contributed by atoms with Crippen LogP contribution in [0.25, 0.3) is 0 Å². The number of hydrogen-bond donors (Lipinski definition) is 1. The number of benzene rings is 1. The molecule has 1 atom stereocenters. The highest BCUT2D eigenvalue weighted by atomic mass is 35.5. The highest BCUT2D eigenvalue weighted by Gasteiger charge is 2.34. The Labute approximate surface area is 104 Å². The van der Waals surface area contributed by atoms with E-state index in [4.69, 9.17) is 16.7 Å². The monoisotopic (exact) mass is 256 g/mol. The van der Waals surface area contributed by atoms with Crippen LogP contribution >= 0.6 is 11.6 Å². The summed E-state index contributed by atoms with van der Waals surface area (Å²) in [6, 6.07) is 2.97. The van der Waals surface area contributed by atoms with Crippen LogP contribution in [0.1, 0.15) is 36.3 Å². The van der Waals surface area contributed by atoms with E-state index in [0.717, 1.165) is 24.0 Å². The van der Waals surface area contributed by atoms with Crippen molar-refractivity contribution in [3.63, 3.8) is 0 Å². The van der Waals surface area contributed by atoms with E-state index >= 15 is 0 Å². The normalized spacial score (nSPS) is 16.9. The van der Waals surface area contributed by atoms with Crippen molar-refractivity contribution < 1.29 is 14.3 Å². The van der Waals surface area contributed by atoms with Crippen molar-refractivity contribution in [1.29, 1.82) is 0 Å². The van der Waals surface area contributed by atoms with Gasteiger partial charge in [-0.05, 0) is 54.9 Å². The fourth-order valence-electron chi connectivity index (χ4n) is 2.28. The molecule has 0 bridgehead atoms. The molecule has 1 aromatic carbocycles. The average Bonchev–Trinajstić information content (AvgIpc) is 3.04. The summed E-state index contributed by atoms with van der Waals surface area (Å²) in [5, 5.41) is 9.00. The number of carboxylic acid groups (broad SMARTS) is 1. The minimum absolute atomic E-state index is 0.0365. The molecule has 2 nitrogen and oxygen atoms in total. The zero-order chi connectivity index (χ0) is 12.6. The molecular formula is C13H14ClFO2. The van der Waals surface area contributed by atoms with E-state index in [1.54, 1.807) is 13.0 Å². The number of carboxylic acids is 1. The molecule has 2 rings (SSSR count). The number of halogens is 2. The number of aryl methyl sites for hydroxylation is 1. The Morgan fingerprint density at radius 1 is 1.59 bits per heavy atom. The van der Waals surface area contributed by atoms with Crippen molar-refractivity contribution >= 4 is 17.6 Å². The van der Waals surface area contributed by atoms with Crippen molar-refractivity contribution in [3.8, 4) is 0 Å². The van der Waals surface area contributed by atoms with Crippen molar-refractivity contribution in [2.75, 3.05) is 0 Å². The van der Waals surface area contributed by atoms with Gasteiger partial charge in [-0.3, -0.25) is 4.79 Å². The molecule has 92 valence electrons. The van der Waals surface area contributed by atoms with E-state index in [2.05, 4.69) is 0 Å². The van der Waals surface area contributed by atoms with E-state index in [1.165, 1.54) is 6.07 Å². The number of hydrogen-bond acceptors (Lipinski definition) is 1. The van der Waals surface area contributed by atoms with Crippen LogP contribution in [0.5, 0.6) is 0 Å². The van der Waals surface area contributed by atoms with Gasteiger partial charge in [-0.1, -0.05) is 11.6 Å². The number of aliphatic carboxylic acids is 1. The summed E-state index contributed by atoms with van der Waals surface area (Å²) in [6.07, 6.45) is 2.19. The minimum atomic E-state index is -0.818. The van der Waals surface area contributed by atoms with Crippen molar-refractivity contribution in [1.82, 2.24) is 0 Å². The van der Waals surface area contributed by atoms with Gasteiger partial charge < -0.3 is 5.11 Å². The van der Waals surface area contributed by atoms with Gasteiger partial charge in [0.25, 0.3) is 0 Å². The molecule has 0 saturated heterocycles. The van der Waals surface area contributed by atoms with Gasteiger partial charge in [0.15, 0.2) is 0 Å². The maximum Gasteiger partial charge on any atom is 0.303 e. The molecule has 1 unspecified atom stereocenters. The molecule has 1 fully saturated rings. The van der Waals surface area contributed by atoms with Crippen LogP contribution in [0.4, 0.5) is 4.39 Å². The molecule has 0 radical (unpaired) electrons. The lowest BCUT2D eigenvalue weighted by Crippen LogP contribution is -2.10. The lowest BCUT2D eigenvalue weighted by Gasteiger charge is -2.17. The predicted molar refractivity (Wildman–Crippen MR) is 63.9 cm³/mol. The van der Waals surface area contributed by atoms with Gasteiger partial charge >= 0.3 is 5.97 Å². The molecule has 0 amide bonds. The fraction of sp³-hybridized carbons (Fsp3) is 0.462. The zero-order valence-corrected chi connectivity index (χ0v) is 10.3. The molecule has 0 heterocycles. The van der Waals surface area contributed by atoms with E-state index in [1.807, 2.05) is 0 Å². The Morgan fingerprint density at radius 3 is 2.76 bits per heavy atom. The first-order valence-electron chi connectivity index (χ1n) is 5.66. The van der Waals surface area contributed by atoms with Gasteiger partial charge in [0, 0.05) is 0 Å². The van der Waals surface area contributed by atoms with Crippen LogP contribution in [0.3, 0.4) is 0 Å². The molecule has 17 heavy (non-hydrogen) atoms. The molecule has 1 aliphatic carbocycles. The Morgan fingerprint density at radius 2 is 2.24 bits per heavy atom. The molecule has 1 aliphatic rings. The molecular weight excluding hydrogens is 243 g/mol. The molecule has 1 aromatic rings. The Bertz CT molecular complexity index is 455. The first kappa shape index (κ1) is 12.4. The molecule has 1 saturated carbocycles. The third-order valence-corrected chi connectivity index (χ3v) is 3.58. The van der Waals surface area contributed by atoms with Gasteiger partial charge in [0.1, 0.15) is 5.82 Å². The SMILES string of the molecule is Cc1cc(F)c(Cl)cc1C(CC(=O)O)C1CC1. The van der Waals surface area contributed by atoms with E-state index in [0.29, 0.717) is 5.92 Å². The Kier molecular flexibility index (Phi) is 3.38. The minimum Gasteiger partial charge on any atom is -0.481 e. The summed E-state index contributed by atoms with van der Waals surface area (Å²) < 4.78 is 13.3. The summed E-state index contributed by atoms with van der Waals surface area (Å²) in [4.78, 5) is 10.9. The quantitative estimate of drug-likeness (QED) is 0.891. The van der Waals surface area contributed by atoms with E-state index in [-0.39, 0.29) is 17.4 Å². The van der Waals surface area contributed by atoms with Crippen molar-refractivity contribution in [2.24, 2.45) is 5.92 Å². The van der Waals surface area contributed by atoms with Crippen LogP contribution < -0.4 is 0 Å². The molecule has 4 heteroatoms. The summed E-state index contributed by atoms with van der Waals surface area (Å²) >= 11 is 5.77. The largest absolute Gasteiger partial charge is 0.481 e. The zero-order valence-electron chi connectivity index (χ0n) is 9.54. The average molecular weight is 257 g/mol. The lowest BCUT2D eigenvalue weighted by atomic mass is 9.88. The topological polar surface area (TPSA) is 37.3 Å². The third kappa shape index (κ3) is 2.78. The number of rotatable bonds is 4. The van der Waals surface area contributed by atoms with Gasteiger partial charge in [0.05, 0.1) is 11.4 Å². The first-order valence-corrected chi connectivity index (χ1v) is 6.04. The van der Waals surface area contributed by atoms with Gasteiger partial charge in [-0.15, -0.1) is 0 Å². The van der Waals surface area contributed by atoms with E-state index in [9.17, 15) is 9.18 Å². The predicted octanol–water partition coefficient (Wildman–Crippen LogP) is 3.76. The van der Waals surface area contributed by atoms with Gasteiger partial charge in [-0.2, -0.15) is 0 Å². The maximum atomic E-state index is 13.3. The van der Waals surface area contributed by atoms with Crippen LogP contribution in [-0.4, -0.2) is 11.1 Å².